The molecule has 266 valence electrons. The number of nitrogen functional groups attached to an aromatic ring is 1. The van der Waals surface area contributed by atoms with Crippen molar-refractivity contribution < 1.29 is 0 Å². The lowest BCUT2D eigenvalue weighted by Gasteiger charge is -2.40. The quantitative estimate of drug-likeness (QED) is 0.144. The summed E-state index contributed by atoms with van der Waals surface area (Å²) in [6, 6.07) is 74.2. The third kappa shape index (κ3) is 4.53. The van der Waals surface area contributed by atoms with Crippen molar-refractivity contribution in [3.8, 4) is 44.5 Å². The van der Waals surface area contributed by atoms with Gasteiger partial charge in [-0.2, -0.15) is 0 Å². The molecule has 1 unspecified atom stereocenters. The van der Waals surface area contributed by atoms with Crippen LogP contribution < -0.4 is 5.73 Å². The zero-order chi connectivity index (χ0) is 37.7. The Morgan fingerprint density at radius 1 is 0.351 bits per heavy atom. The smallest absolute Gasteiger partial charge is 0.0735 e. The molecule has 1 nitrogen and oxygen atoms in total. The van der Waals surface area contributed by atoms with E-state index in [1.165, 1.54) is 109 Å². The summed E-state index contributed by atoms with van der Waals surface area (Å²) in [4.78, 5) is 2.60. The Balaban J connectivity index is 1.18. The summed E-state index contributed by atoms with van der Waals surface area (Å²) in [5, 5.41) is 7.56. The molecule has 1 spiro atoms. The van der Waals surface area contributed by atoms with Gasteiger partial charge in [-0.3, -0.25) is 0 Å². The second kappa shape index (κ2) is 12.3. The molecule has 1 heterocycles. The van der Waals surface area contributed by atoms with Crippen LogP contribution in [-0.2, 0) is 5.41 Å². The van der Waals surface area contributed by atoms with Crippen molar-refractivity contribution in [2.24, 2.45) is 0 Å². The fraction of sp³-hybridized carbons (Fsp3) is 0.0182. The minimum atomic E-state index is -0.514. The zero-order valence-electron chi connectivity index (χ0n) is 31.0. The van der Waals surface area contributed by atoms with Crippen molar-refractivity contribution in [3.05, 3.63) is 222 Å². The van der Waals surface area contributed by atoms with Gasteiger partial charge in [0.2, 0.25) is 0 Å². The molecule has 0 amide bonds. The molecule has 10 aromatic carbocycles. The van der Waals surface area contributed by atoms with Gasteiger partial charge in [0, 0.05) is 15.5 Å². The number of nitrogens with two attached hydrogens (primary N) is 1. The number of hydrogen-bond donors (Lipinski definition) is 1. The second-order valence-electron chi connectivity index (χ2n) is 15.3. The number of hydrogen-bond acceptors (Lipinski definition) is 2. The number of benzene rings is 10. The maximum Gasteiger partial charge on any atom is 0.0735 e. The van der Waals surface area contributed by atoms with E-state index in [0.717, 1.165) is 5.69 Å². The zero-order valence-corrected chi connectivity index (χ0v) is 31.9. The highest BCUT2D eigenvalue weighted by molar-refractivity contribution is 7.99. The largest absolute Gasteiger partial charge is 0.399 e. The van der Waals surface area contributed by atoms with E-state index in [9.17, 15) is 0 Å². The predicted octanol–water partition coefficient (Wildman–Crippen LogP) is 14.6. The number of rotatable bonds is 3. The Kier molecular flexibility index (Phi) is 7.00. The summed E-state index contributed by atoms with van der Waals surface area (Å²) in [5.74, 6) is 0. The van der Waals surface area contributed by atoms with Crippen LogP contribution in [0.3, 0.4) is 0 Å². The van der Waals surface area contributed by atoms with Gasteiger partial charge >= 0.3 is 0 Å². The topological polar surface area (TPSA) is 26.0 Å². The van der Waals surface area contributed by atoms with Crippen molar-refractivity contribution in [1.29, 1.82) is 0 Å². The van der Waals surface area contributed by atoms with Gasteiger partial charge in [-0.15, -0.1) is 0 Å². The van der Waals surface area contributed by atoms with Crippen LogP contribution in [0.15, 0.2) is 210 Å². The molecular weight excluding hydrogens is 707 g/mol. The molecule has 2 aliphatic rings. The summed E-state index contributed by atoms with van der Waals surface area (Å²) in [5.41, 5.74) is 21.8. The van der Waals surface area contributed by atoms with Crippen molar-refractivity contribution in [2.45, 2.75) is 15.2 Å². The van der Waals surface area contributed by atoms with Crippen molar-refractivity contribution in [2.75, 3.05) is 5.73 Å². The first-order chi connectivity index (χ1) is 28.2. The molecule has 10 aromatic rings. The lowest BCUT2D eigenvalue weighted by molar-refractivity contribution is 0.723. The predicted molar refractivity (Wildman–Crippen MR) is 241 cm³/mol. The minimum absolute atomic E-state index is 0.514. The summed E-state index contributed by atoms with van der Waals surface area (Å²) in [7, 11) is 0. The van der Waals surface area contributed by atoms with E-state index in [4.69, 9.17) is 5.73 Å². The van der Waals surface area contributed by atoms with Crippen LogP contribution in [0, 0.1) is 0 Å². The van der Waals surface area contributed by atoms with E-state index < -0.39 is 5.41 Å². The van der Waals surface area contributed by atoms with Gasteiger partial charge in [-0.05, 0) is 123 Å². The molecule has 2 N–H and O–H groups in total. The SMILES string of the molecule is Nc1ccc(-c2cccc3c2-c2ccccc2C32c3ccccc3Sc3c(-c4c5ccccc5c(-c5ccc6ccccc6c5)c5ccccc45)cccc32)cc1. The Hall–Kier alpha value is -6.87. The van der Waals surface area contributed by atoms with Gasteiger partial charge in [0.1, 0.15) is 0 Å². The minimum Gasteiger partial charge on any atom is -0.399 e. The Morgan fingerprint density at radius 3 is 1.65 bits per heavy atom. The first-order valence-corrected chi connectivity index (χ1v) is 20.4. The maximum absolute atomic E-state index is 6.20. The molecule has 0 radical (unpaired) electrons. The normalized spacial score (nSPS) is 15.1. The molecule has 12 rings (SSSR count). The van der Waals surface area contributed by atoms with Gasteiger partial charge in [0.15, 0.2) is 0 Å². The molecule has 0 aromatic heterocycles. The average molecular weight is 742 g/mol. The lowest BCUT2D eigenvalue weighted by Crippen LogP contribution is -2.32. The van der Waals surface area contributed by atoms with Crippen molar-refractivity contribution >= 4 is 49.8 Å². The molecule has 0 fully saturated rings. The van der Waals surface area contributed by atoms with Crippen LogP contribution in [0.5, 0.6) is 0 Å². The molecule has 0 saturated carbocycles. The fourth-order valence-corrected chi connectivity index (χ4v) is 11.5. The monoisotopic (exact) mass is 741 g/mol. The van der Waals surface area contributed by atoms with Crippen molar-refractivity contribution in [3.63, 3.8) is 0 Å². The molecule has 1 aliphatic carbocycles. The van der Waals surface area contributed by atoms with Gasteiger partial charge < -0.3 is 5.73 Å². The average Bonchev–Trinajstić information content (AvgIpc) is 3.56. The fourth-order valence-electron chi connectivity index (χ4n) is 10.1. The third-order valence-electron chi connectivity index (χ3n) is 12.5. The molecule has 1 aliphatic heterocycles. The van der Waals surface area contributed by atoms with Crippen LogP contribution in [0.2, 0.25) is 0 Å². The third-order valence-corrected chi connectivity index (χ3v) is 13.7. The van der Waals surface area contributed by atoms with Crippen LogP contribution in [0.4, 0.5) is 5.69 Å². The highest BCUT2D eigenvalue weighted by atomic mass is 32.2. The number of anilines is 1. The Labute approximate surface area is 336 Å². The molecule has 57 heavy (non-hydrogen) atoms. The van der Waals surface area contributed by atoms with Crippen LogP contribution in [0.1, 0.15) is 22.3 Å². The summed E-state index contributed by atoms with van der Waals surface area (Å²) in [6.07, 6.45) is 0. The van der Waals surface area contributed by atoms with E-state index in [2.05, 4.69) is 188 Å². The summed E-state index contributed by atoms with van der Waals surface area (Å²) < 4.78 is 0. The molecule has 1 atom stereocenters. The van der Waals surface area contributed by atoms with E-state index >= 15 is 0 Å². The van der Waals surface area contributed by atoms with Gasteiger partial charge in [0.25, 0.3) is 0 Å². The molecule has 2 heteroatoms. The Morgan fingerprint density at radius 2 is 0.895 bits per heavy atom. The molecule has 0 bridgehead atoms. The highest BCUT2D eigenvalue weighted by Gasteiger charge is 2.51. The maximum atomic E-state index is 6.20. The standard InChI is InChI=1S/C55H35NS/c56-38-31-29-35(30-32-38)39-20-11-24-48-53(39)44-19-7-8-22-46(44)55(48)47-23-9-10-26-50(47)57-54-45(21-12-25-49(54)55)52-42-17-5-3-15-40(42)51(41-16-4-6-18-43(41)52)37-28-27-34-13-1-2-14-36(34)33-37/h1-33H,56H2. The summed E-state index contributed by atoms with van der Waals surface area (Å²) >= 11 is 1.92. The van der Waals surface area contributed by atoms with Gasteiger partial charge in [-0.25, -0.2) is 0 Å². The van der Waals surface area contributed by atoms with E-state index in [1.54, 1.807) is 0 Å². The van der Waals surface area contributed by atoms with Gasteiger partial charge in [0.05, 0.1) is 5.41 Å². The number of fused-ring (bicyclic) bond motifs is 12. The van der Waals surface area contributed by atoms with Crippen LogP contribution in [0.25, 0.3) is 76.8 Å². The molecular formula is C55H35NS. The Bertz CT molecular complexity index is 3230. The van der Waals surface area contributed by atoms with E-state index in [1.807, 2.05) is 23.9 Å². The first kappa shape index (κ1) is 32.4. The lowest BCUT2D eigenvalue weighted by atomic mass is 9.66. The highest BCUT2D eigenvalue weighted by Crippen LogP contribution is 2.65. The van der Waals surface area contributed by atoms with Crippen LogP contribution in [-0.4, -0.2) is 0 Å². The van der Waals surface area contributed by atoms with Crippen molar-refractivity contribution in [1.82, 2.24) is 0 Å². The van der Waals surface area contributed by atoms with E-state index in [0.29, 0.717) is 0 Å². The first-order valence-electron chi connectivity index (χ1n) is 19.6. The molecule has 0 saturated heterocycles. The van der Waals surface area contributed by atoms with Crippen LogP contribution >= 0.6 is 11.8 Å². The summed E-state index contributed by atoms with van der Waals surface area (Å²) in [6.45, 7) is 0. The van der Waals surface area contributed by atoms with Gasteiger partial charge in [-0.1, -0.05) is 188 Å². The van der Waals surface area contributed by atoms with E-state index in [-0.39, 0.29) is 0 Å². The second-order valence-corrected chi connectivity index (χ2v) is 16.4.